The predicted molar refractivity (Wildman–Crippen MR) is 62.6 cm³/mol. The lowest BCUT2D eigenvalue weighted by molar-refractivity contribution is -0.126. The highest BCUT2D eigenvalue weighted by Crippen LogP contribution is 2.34. The van der Waals surface area contributed by atoms with E-state index in [2.05, 4.69) is 5.32 Å². The number of rotatable bonds is 5. The molecule has 0 saturated heterocycles. The number of amides is 1. The van der Waals surface area contributed by atoms with Gasteiger partial charge >= 0.3 is 0 Å². The van der Waals surface area contributed by atoms with Crippen molar-refractivity contribution in [3.63, 3.8) is 0 Å². The molecule has 0 heterocycles. The van der Waals surface area contributed by atoms with Crippen LogP contribution >= 0.6 is 12.2 Å². The van der Waals surface area contributed by atoms with E-state index in [0.717, 1.165) is 19.3 Å². The second kappa shape index (κ2) is 4.90. The van der Waals surface area contributed by atoms with Crippen molar-refractivity contribution in [2.75, 3.05) is 13.7 Å². The Balaban J connectivity index is 2.36. The van der Waals surface area contributed by atoms with E-state index < -0.39 is 5.92 Å². The molecule has 86 valence electrons. The second-order valence-corrected chi connectivity index (χ2v) is 4.55. The summed E-state index contributed by atoms with van der Waals surface area (Å²) in [5, 5.41) is 2.83. The van der Waals surface area contributed by atoms with E-state index in [9.17, 15) is 4.79 Å². The summed E-state index contributed by atoms with van der Waals surface area (Å²) >= 11 is 4.76. The molecular formula is C10H18N2O2S. The van der Waals surface area contributed by atoms with Crippen LogP contribution in [-0.4, -0.2) is 30.2 Å². The van der Waals surface area contributed by atoms with Gasteiger partial charge in [0, 0.05) is 13.7 Å². The molecule has 0 bridgehead atoms. The van der Waals surface area contributed by atoms with Gasteiger partial charge in [-0.15, -0.1) is 0 Å². The molecule has 1 atom stereocenters. The SMILES string of the molecule is COC1(CNC(=O)C(C)C(N)=S)CCC1. The van der Waals surface area contributed by atoms with Crippen LogP contribution in [-0.2, 0) is 9.53 Å². The highest BCUT2D eigenvalue weighted by Gasteiger charge is 2.37. The zero-order valence-corrected chi connectivity index (χ0v) is 10.0. The molecule has 1 fully saturated rings. The molecule has 1 amide bonds. The molecule has 0 aromatic carbocycles. The van der Waals surface area contributed by atoms with Crippen LogP contribution in [0.25, 0.3) is 0 Å². The highest BCUT2D eigenvalue weighted by atomic mass is 32.1. The third-order valence-corrected chi connectivity index (χ3v) is 3.46. The Labute approximate surface area is 95.5 Å². The Morgan fingerprint density at radius 3 is 2.60 bits per heavy atom. The first-order valence-electron chi connectivity index (χ1n) is 5.13. The number of nitrogens with one attached hydrogen (secondary N) is 1. The zero-order chi connectivity index (χ0) is 11.5. The second-order valence-electron chi connectivity index (χ2n) is 4.08. The van der Waals surface area contributed by atoms with Crippen LogP contribution < -0.4 is 11.1 Å². The number of carbonyl (C=O) groups excluding carboxylic acids is 1. The Morgan fingerprint density at radius 1 is 1.67 bits per heavy atom. The lowest BCUT2D eigenvalue weighted by Gasteiger charge is -2.40. The van der Waals surface area contributed by atoms with Crippen LogP contribution in [0.5, 0.6) is 0 Å². The molecule has 1 saturated carbocycles. The summed E-state index contributed by atoms with van der Waals surface area (Å²) in [5.74, 6) is -0.528. The highest BCUT2D eigenvalue weighted by molar-refractivity contribution is 7.80. The molecule has 0 aliphatic heterocycles. The topological polar surface area (TPSA) is 64.3 Å². The standard InChI is InChI=1S/C10H18N2O2S/c1-7(8(11)15)9(13)12-6-10(14-2)4-3-5-10/h7H,3-6H2,1-2H3,(H2,11,15)(H,12,13). The molecule has 0 aromatic rings. The maximum absolute atomic E-state index is 11.6. The number of nitrogens with two attached hydrogens (primary N) is 1. The van der Waals surface area contributed by atoms with Crippen LogP contribution in [0.2, 0.25) is 0 Å². The van der Waals surface area contributed by atoms with E-state index in [1.54, 1.807) is 14.0 Å². The van der Waals surface area contributed by atoms with Crippen molar-refractivity contribution >= 4 is 23.1 Å². The van der Waals surface area contributed by atoms with Crippen LogP contribution in [0.1, 0.15) is 26.2 Å². The first kappa shape index (κ1) is 12.4. The minimum absolute atomic E-state index is 0.120. The smallest absolute Gasteiger partial charge is 0.229 e. The van der Waals surface area contributed by atoms with Crippen molar-refractivity contribution in [1.82, 2.24) is 5.32 Å². The van der Waals surface area contributed by atoms with Crippen molar-refractivity contribution < 1.29 is 9.53 Å². The summed E-state index contributed by atoms with van der Waals surface area (Å²) in [6.07, 6.45) is 3.17. The first-order valence-corrected chi connectivity index (χ1v) is 5.54. The van der Waals surface area contributed by atoms with Crippen molar-refractivity contribution in [3.05, 3.63) is 0 Å². The fourth-order valence-electron chi connectivity index (χ4n) is 1.55. The molecule has 0 radical (unpaired) electrons. The Bertz CT molecular complexity index is 259. The van der Waals surface area contributed by atoms with Crippen LogP contribution in [0.15, 0.2) is 0 Å². The van der Waals surface area contributed by atoms with Crippen LogP contribution in [0, 0.1) is 5.92 Å². The van der Waals surface area contributed by atoms with Gasteiger partial charge < -0.3 is 15.8 Å². The molecule has 0 aromatic heterocycles. The summed E-state index contributed by atoms with van der Waals surface area (Å²) in [6, 6.07) is 0. The van der Waals surface area contributed by atoms with E-state index in [4.69, 9.17) is 22.7 Å². The quantitative estimate of drug-likeness (QED) is 0.679. The average molecular weight is 230 g/mol. The molecular weight excluding hydrogens is 212 g/mol. The number of carbonyl (C=O) groups is 1. The Kier molecular flexibility index (Phi) is 4.04. The summed E-state index contributed by atoms with van der Waals surface area (Å²) in [6.45, 7) is 2.26. The third kappa shape index (κ3) is 2.89. The molecule has 1 aliphatic carbocycles. The monoisotopic (exact) mass is 230 g/mol. The third-order valence-electron chi connectivity index (χ3n) is 3.10. The maximum Gasteiger partial charge on any atom is 0.229 e. The van der Waals surface area contributed by atoms with Gasteiger partial charge in [0.2, 0.25) is 5.91 Å². The maximum atomic E-state index is 11.6. The van der Waals surface area contributed by atoms with Gasteiger partial charge in [-0.3, -0.25) is 4.79 Å². The lowest BCUT2D eigenvalue weighted by atomic mass is 9.80. The summed E-state index contributed by atoms with van der Waals surface area (Å²) in [5.41, 5.74) is 5.25. The molecule has 5 heteroatoms. The van der Waals surface area contributed by atoms with Gasteiger partial charge in [-0.05, 0) is 26.2 Å². The molecule has 1 unspecified atom stereocenters. The van der Waals surface area contributed by atoms with Crippen LogP contribution in [0.4, 0.5) is 0 Å². The Hall–Kier alpha value is -0.680. The predicted octanol–water partition coefficient (Wildman–Crippen LogP) is 0.594. The van der Waals surface area contributed by atoms with Gasteiger partial charge in [0.1, 0.15) is 0 Å². The van der Waals surface area contributed by atoms with E-state index in [0.29, 0.717) is 6.54 Å². The van der Waals surface area contributed by atoms with Crippen molar-refractivity contribution in [2.45, 2.75) is 31.8 Å². The van der Waals surface area contributed by atoms with E-state index >= 15 is 0 Å². The van der Waals surface area contributed by atoms with E-state index in [1.807, 2.05) is 0 Å². The largest absolute Gasteiger partial charge is 0.393 e. The normalized spacial score (nSPS) is 20.1. The fraction of sp³-hybridized carbons (Fsp3) is 0.800. The van der Waals surface area contributed by atoms with Gasteiger partial charge in [0.05, 0.1) is 16.5 Å². The van der Waals surface area contributed by atoms with Gasteiger partial charge in [-0.25, -0.2) is 0 Å². The fourth-order valence-corrected chi connectivity index (χ4v) is 1.66. The van der Waals surface area contributed by atoms with Gasteiger partial charge in [-0.2, -0.15) is 0 Å². The minimum Gasteiger partial charge on any atom is -0.393 e. The van der Waals surface area contributed by atoms with Gasteiger partial charge in [0.15, 0.2) is 0 Å². The van der Waals surface area contributed by atoms with E-state index in [1.165, 1.54) is 0 Å². The number of hydrogen-bond acceptors (Lipinski definition) is 3. The lowest BCUT2D eigenvalue weighted by Crippen LogP contribution is -2.51. The van der Waals surface area contributed by atoms with Crippen molar-refractivity contribution in [1.29, 1.82) is 0 Å². The van der Waals surface area contributed by atoms with E-state index in [-0.39, 0.29) is 16.5 Å². The molecule has 1 rings (SSSR count). The number of thiocarbonyl (C=S) groups is 1. The van der Waals surface area contributed by atoms with Crippen molar-refractivity contribution in [3.8, 4) is 0 Å². The van der Waals surface area contributed by atoms with Crippen LogP contribution in [0.3, 0.4) is 0 Å². The average Bonchev–Trinajstić information content (AvgIpc) is 2.15. The molecule has 1 aliphatic rings. The zero-order valence-electron chi connectivity index (χ0n) is 9.21. The van der Waals surface area contributed by atoms with Gasteiger partial charge in [0.25, 0.3) is 0 Å². The first-order chi connectivity index (χ1) is 7.01. The summed E-state index contributed by atoms with van der Waals surface area (Å²) < 4.78 is 5.39. The van der Waals surface area contributed by atoms with Gasteiger partial charge in [-0.1, -0.05) is 12.2 Å². The molecule has 4 nitrogen and oxygen atoms in total. The molecule has 3 N–H and O–H groups in total. The molecule has 0 spiro atoms. The number of hydrogen-bond donors (Lipinski definition) is 2. The Morgan fingerprint density at radius 2 is 2.27 bits per heavy atom. The summed E-state index contributed by atoms with van der Waals surface area (Å²) in [7, 11) is 1.68. The summed E-state index contributed by atoms with van der Waals surface area (Å²) in [4.78, 5) is 11.8. The number of methoxy groups -OCH3 is 1. The van der Waals surface area contributed by atoms with Crippen molar-refractivity contribution in [2.24, 2.45) is 11.7 Å². The molecule has 15 heavy (non-hydrogen) atoms. The minimum atomic E-state index is -0.408. The number of ether oxygens (including phenoxy) is 1.